The Hall–Kier alpha value is -2.07. The van der Waals surface area contributed by atoms with E-state index < -0.39 is 0 Å². The van der Waals surface area contributed by atoms with Gasteiger partial charge in [-0.2, -0.15) is 0 Å². The molecular weight excluding hydrogens is 606 g/mol. The molecule has 3 saturated heterocycles. The van der Waals surface area contributed by atoms with E-state index in [1.54, 1.807) is 0 Å². The first-order chi connectivity index (χ1) is 23.7. The summed E-state index contributed by atoms with van der Waals surface area (Å²) in [7, 11) is 0. The number of rotatable bonds is 18. The monoisotopic (exact) mass is 667 g/mol. The minimum absolute atomic E-state index is 0.0155. The van der Waals surface area contributed by atoms with Crippen LogP contribution in [0.3, 0.4) is 0 Å². The van der Waals surface area contributed by atoms with E-state index in [-0.39, 0.29) is 54.9 Å². The van der Waals surface area contributed by atoms with Crippen LogP contribution in [0.15, 0.2) is 54.6 Å². The summed E-state index contributed by atoms with van der Waals surface area (Å²) >= 11 is 0. The number of aryl methyl sites for hydroxylation is 1. The van der Waals surface area contributed by atoms with Gasteiger partial charge in [-0.05, 0) is 108 Å². The number of benzene rings is 1. The zero-order valence-corrected chi connectivity index (χ0v) is 29.3. The molecule has 1 N–H and O–H groups in total. The van der Waals surface area contributed by atoms with Gasteiger partial charge in [-0.15, -0.1) is 0 Å². The van der Waals surface area contributed by atoms with Gasteiger partial charge in [0.05, 0.1) is 18.3 Å². The smallest absolute Gasteiger partial charge is 0.219 e. The summed E-state index contributed by atoms with van der Waals surface area (Å²) < 4.78 is 38.4. The molecule has 1 amide bonds. The number of ether oxygens (including phenoxy) is 6. The van der Waals surface area contributed by atoms with Crippen molar-refractivity contribution in [2.75, 3.05) is 26.4 Å². The maximum absolute atomic E-state index is 11.9. The van der Waals surface area contributed by atoms with Gasteiger partial charge in [0.25, 0.3) is 0 Å². The van der Waals surface area contributed by atoms with Crippen LogP contribution in [0.25, 0.3) is 0 Å². The summed E-state index contributed by atoms with van der Waals surface area (Å²) in [5.41, 5.74) is 1.32. The lowest BCUT2D eigenvalue weighted by Crippen LogP contribution is -2.31. The molecule has 1 aliphatic carbocycles. The van der Waals surface area contributed by atoms with E-state index in [1.807, 2.05) is 6.92 Å². The van der Waals surface area contributed by atoms with Gasteiger partial charge in [0, 0.05) is 45.1 Å². The van der Waals surface area contributed by atoms with Crippen molar-refractivity contribution in [3.8, 4) is 0 Å². The van der Waals surface area contributed by atoms with E-state index in [0.717, 1.165) is 116 Å². The summed E-state index contributed by atoms with van der Waals surface area (Å²) in [6.45, 7) is 4.92. The van der Waals surface area contributed by atoms with Gasteiger partial charge in [-0.25, -0.2) is 0 Å². The molecule has 1 aromatic carbocycles. The van der Waals surface area contributed by atoms with E-state index in [9.17, 15) is 4.79 Å². The first-order valence-corrected chi connectivity index (χ1v) is 19.1. The summed E-state index contributed by atoms with van der Waals surface area (Å²) in [5.74, 6) is 0.486. The van der Waals surface area contributed by atoms with Gasteiger partial charge in [0.15, 0.2) is 18.9 Å². The van der Waals surface area contributed by atoms with Gasteiger partial charge >= 0.3 is 0 Å². The predicted octanol–water partition coefficient (Wildman–Crippen LogP) is 7.80. The maximum Gasteiger partial charge on any atom is 0.219 e. The third-order valence-corrected chi connectivity index (χ3v) is 10.1. The summed E-state index contributed by atoms with van der Waals surface area (Å²) in [5, 5.41) is 2.90. The summed E-state index contributed by atoms with van der Waals surface area (Å²) in [4.78, 5) is 11.9. The van der Waals surface area contributed by atoms with Crippen LogP contribution in [0.1, 0.15) is 109 Å². The van der Waals surface area contributed by atoms with E-state index >= 15 is 0 Å². The number of carbonyl (C=O) groups is 1. The molecule has 3 unspecified atom stereocenters. The zero-order chi connectivity index (χ0) is 33.2. The Morgan fingerprint density at radius 1 is 0.875 bits per heavy atom. The van der Waals surface area contributed by atoms with Crippen molar-refractivity contribution in [3.63, 3.8) is 0 Å². The molecule has 8 atom stereocenters. The fourth-order valence-corrected chi connectivity index (χ4v) is 7.46. The maximum atomic E-state index is 11.9. The van der Waals surface area contributed by atoms with E-state index in [1.165, 1.54) is 5.56 Å². The van der Waals surface area contributed by atoms with Gasteiger partial charge < -0.3 is 33.7 Å². The van der Waals surface area contributed by atoms with Crippen molar-refractivity contribution >= 4 is 5.91 Å². The molecule has 268 valence electrons. The highest BCUT2D eigenvalue weighted by atomic mass is 16.7. The second kappa shape index (κ2) is 21.2. The average molecular weight is 668 g/mol. The highest BCUT2D eigenvalue weighted by Crippen LogP contribution is 2.42. The molecule has 3 aliphatic heterocycles. The van der Waals surface area contributed by atoms with Crippen molar-refractivity contribution in [2.45, 2.75) is 147 Å². The first-order valence-electron chi connectivity index (χ1n) is 19.1. The zero-order valence-electron chi connectivity index (χ0n) is 29.3. The normalized spacial score (nSPS) is 30.6. The van der Waals surface area contributed by atoms with Crippen LogP contribution in [0.4, 0.5) is 0 Å². The van der Waals surface area contributed by atoms with Crippen molar-refractivity contribution in [3.05, 3.63) is 60.2 Å². The molecule has 4 fully saturated rings. The SMILES string of the molecule is CCNC(=O)CCC/C=C\C[C@@H]1[C@@H](/C=C/[C@H](CCc2ccccc2)OC2CCCCO2)[C@H](OC2CCCCO2)C[C@@H]1OC1CCCCO1. The molecule has 5 rings (SSSR count). The van der Waals surface area contributed by atoms with Crippen LogP contribution in [-0.4, -0.2) is 69.5 Å². The van der Waals surface area contributed by atoms with Crippen molar-refractivity contribution in [2.24, 2.45) is 11.8 Å². The lowest BCUT2D eigenvalue weighted by Gasteiger charge is -2.30. The number of nitrogens with one attached hydrogen (secondary N) is 1. The Kier molecular flexibility index (Phi) is 16.4. The van der Waals surface area contributed by atoms with Crippen LogP contribution >= 0.6 is 0 Å². The molecule has 8 heteroatoms. The Morgan fingerprint density at radius 3 is 2.19 bits per heavy atom. The molecule has 3 heterocycles. The van der Waals surface area contributed by atoms with E-state index in [4.69, 9.17) is 28.4 Å². The quantitative estimate of drug-likeness (QED) is 0.126. The van der Waals surface area contributed by atoms with Crippen molar-refractivity contribution in [1.82, 2.24) is 5.32 Å². The van der Waals surface area contributed by atoms with Gasteiger partial charge in [-0.1, -0.05) is 54.6 Å². The Bertz CT molecular complexity index is 1080. The third kappa shape index (κ3) is 12.7. The summed E-state index contributed by atoms with van der Waals surface area (Å²) in [6.07, 6.45) is 23.9. The van der Waals surface area contributed by atoms with Crippen molar-refractivity contribution in [1.29, 1.82) is 0 Å². The van der Waals surface area contributed by atoms with Crippen LogP contribution in [0.5, 0.6) is 0 Å². The van der Waals surface area contributed by atoms with Crippen LogP contribution in [0, 0.1) is 11.8 Å². The molecule has 1 saturated carbocycles. The topological polar surface area (TPSA) is 84.5 Å². The van der Waals surface area contributed by atoms with Crippen LogP contribution in [-0.2, 0) is 39.6 Å². The van der Waals surface area contributed by atoms with Gasteiger partial charge in [0.2, 0.25) is 5.91 Å². The van der Waals surface area contributed by atoms with E-state index in [0.29, 0.717) is 13.0 Å². The molecule has 1 aromatic rings. The second-order valence-electron chi connectivity index (χ2n) is 13.9. The number of unbranched alkanes of at least 4 members (excludes halogenated alkanes) is 1. The first kappa shape index (κ1) is 37.2. The minimum atomic E-state index is -0.171. The second-order valence-corrected chi connectivity index (χ2v) is 13.9. The molecule has 0 aromatic heterocycles. The number of amides is 1. The van der Waals surface area contributed by atoms with Gasteiger partial charge in [-0.3, -0.25) is 4.79 Å². The lowest BCUT2D eigenvalue weighted by molar-refractivity contribution is -0.203. The number of hydrogen-bond acceptors (Lipinski definition) is 7. The molecule has 4 aliphatic rings. The number of hydrogen-bond donors (Lipinski definition) is 1. The molecule has 0 spiro atoms. The largest absolute Gasteiger partial charge is 0.356 e. The highest BCUT2D eigenvalue weighted by molar-refractivity contribution is 5.75. The number of carbonyl (C=O) groups excluding carboxylic acids is 1. The molecule has 0 bridgehead atoms. The van der Waals surface area contributed by atoms with Crippen molar-refractivity contribution < 1.29 is 33.2 Å². The van der Waals surface area contributed by atoms with Crippen LogP contribution < -0.4 is 5.32 Å². The fourth-order valence-electron chi connectivity index (χ4n) is 7.46. The van der Waals surface area contributed by atoms with Gasteiger partial charge in [0.1, 0.15) is 0 Å². The molecule has 8 nitrogen and oxygen atoms in total. The van der Waals surface area contributed by atoms with Crippen LogP contribution in [0.2, 0.25) is 0 Å². The highest BCUT2D eigenvalue weighted by Gasteiger charge is 2.45. The van der Waals surface area contributed by atoms with E-state index in [2.05, 4.69) is 60.0 Å². The fraction of sp³-hybridized carbons (Fsp3) is 0.725. The average Bonchev–Trinajstić information content (AvgIpc) is 3.43. The standard InChI is InChI=1S/C40H61NO7/c1-2-41-37(42)19-9-4-3-8-18-33-34(26-25-32(46-38-20-10-13-27-43-38)24-23-31-16-6-5-7-17-31)36(48-40-22-12-15-29-45-40)30-35(33)47-39-21-11-14-28-44-39/h3,5-8,16-17,25-26,32-36,38-40H,2,4,9-15,18-24,27-30H2,1H3,(H,41,42)/b8-3-,26-25+/t32-,33+,34+,35-,36+,38?,39?,40?/m0/s1. The minimum Gasteiger partial charge on any atom is -0.356 e. The number of allylic oxidation sites excluding steroid dienone is 2. The molecule has 48 heavy (non-hydrogen) atoms. The summed E-state index contributed by atoms with van der Waals surface area (Å²) in [6, 6.07) is 10.7. The Labute approximate surface area is 289 Å². The molecule has 0 radical (unpaired) electrons. The molecular formula is C40H61NO7. The Balaban J connectivity index is 1.32. The predicted molar refractivity (Wildman–Crippen MR) is 187 cm³/mol. The third-order valence-electron chi connectivity index (χ3n) is 10.1. The Morgan fingerprint density at radius 2 is 1.54 bits per heavy atom. The lowest BCUT2D eigenvalue weighted by atomic mass is 9.89.